The molecule has 0 saturated carbocycles. The summed E-state index contributed by atoms with van der Waals surface area (Å²) in [5.74, 6) is -19.0. The molecule has 6 aromatic rings. The quantitative estimate of drug-likeness (QED) is 0.0150. The summed E-state index contributed by atoms with van der Waals surface area (Å²) in [6.07, 6.45) is 4.99. The first kappa shape index (κ1) is 105. The molecule has 0 unspecified atom stereocenters. The monoisotopic (exact) mass is 1870 g/mol. The normalized spacial score (nSPS) is 24.0. The predicted molar refractivity (Wildman–Crippen MR) is 492 cm³/mol. The molecule has 3 aromatic heterocycles. The van der Waals surface area contributed by atoms with Gasteiger partial charge in [0, 0.05) is 118 Å². The average Bonchev–Trinajstić information content (AvgIpc) is 1.51. The number of nitrogens with zero attached hydrogens (tertiary/aromatic N) is 5. The highest BCUT2D eigenvalue weighted by molar-refractivity contribution is 8.00. The second-order valence-corrected chi connectivity index (χ2v) is 35.0. The number of Topliss-reactive ketones (excluding diaryl/α,β-unsaturated/α-hetero) is 1. The van der Waals surface area contributed by atoms with E-state index in [4.69, 9.17) is 22.6 Å². The lowest BCUT2D eigenvalue weighted by Crippen LogP contribution is -2.61. The molecule has 0 radical (unpaired) electrons. The molecule has 0 bridgehead atoms. The number of imidazole rings is 1. The number of aliphatic hydroxyl groups is 2. The Bertz CT molecular complexity index is 5070. The van der Waals surface area contributed by atoms with Crippen LogP contribution in [-0.2, 0) is 107 Å². The van der Waals surface area contributed by atoms with Gasteiger partial charge in [-0.15, -0.1) is 11.8 Å². The topological polar surface area (TPSA) is 638 Å². The Morgan fingerprint density at radius 1 is 0.541 bits per heavy atom. The van der Waals surface area contributed by atoms with E-state index in [0.717, 1.165) is 31.4 Å². The van der Waals surface area contributed by atoms with Crippen LogP contribution in [0.4, 0.5) is 0 Å². The van der Waals surface area contributed by atoms with Gasteiger partial charge in [0.2, 0.25) is 94.5 Å². The number of likely N-dealkylation sites (N-methyl/N-ethyl adjacent to an activating group) is 3. The van der Waals surface area contributed by atoms with Crippen molar-refractivity contribution in [2.45, 2.75) is 222 Å². The molecule has 133 heavy (non-hydrogen) atoms. The SMILES string of the molecule is CCCC[C@H]1C(=O)N(C)[C@@H](CCCC)C(=O)N[C@@H](CCCNC(=N)N)C(=O)N[C@H](C(=O)NCC(N)=O)CSCC(=O)N[C@@H](Cc2ccccc2)C(=O)N(C)[C@@H](C)C(=O)N[C@@H](CC(N)=O)C(=O)N2CCC[C@H]2C(=O)N[C@@H](Cc2cnc[nH]2)C(=O)N[C@@H](CC(C)C)C(=O)N[C@@H](CO)C(=O)C[C@@H](Cc2c[nH]c3ccccc23)C(=O)N[C@@H](CO)C(=O)N[C@@H](Cc2c[nH]c3ccccc23)C(=O)N1C. The van der Waals surface area contributed by atoms with Crippen molar-refractivity contribution in [3.8, 4) is 0 Å². The number of unbranched alkanes of at least 4 members (excludes halogenated alkanes) is 2. The zero-order chi connectivity index (χ0) is 97.3. The Morgan fingerprint density at radius 2 is 1.09 bits per heavy atom. The van der Waals surface area contributed by atoms with E-state index in [-0.39, 0.29) is 89.6 Å². The van der Waals surface area contributed by atoms with Crippen LogP contribution in [0.3, 0.4) is 0 Å². The van der Waals surface area contributed by atoms with Crippen LogP contribution in [0.25, 0.3) is 21.8 Å². The standard InChI is InChI=1S/C90H127N23O19S/c1-9-11-29-70-84(127)102-61(28-20-32-96-90(93)94)80(123)109-69(79(122)99-44-75(92)118)47-133-48-76(119)101-64(35-52-22-14-13-15-23-52)86(129)110(6)51(5)77(120)105-66(40-74(91)117)88(131)113-33-21-31-71(113)85(128)104-63(39-56-43-95-49-100-56)82(125)103-62(34-50(3)4)81(124)107-67(45-114)73(116)38-53(36-54-41-97-59-26-18-16-24-57(54)59)78(121)108-68(46-115)83(126)106-65(37-55-42-98-60-27-19-17-25-58(55)60)87(130)112(8)72(30-12-10-2)89(132)111(70)7/h13-19,22-27,41-43,49-51,53,61-72,97-98,114-115H,9-12,20-21,28-40,44-48H2,1-8H3,(H2,91,117)(H2,92,118)(H,95,100)(H,99,122)(H,101,119)(H,102,127)(H,103,125)(H,104,128)(H,105,120)(H,106,126)(H,107,124)(H,108,121)(H,109,123)(H4,93,94,96)/t51-,53+,61-,62-,63-,64-,65-,66-,67-,68-,69-,70-,71-,72-/m0/s1. The highest BCUT2D eigenvalue weighted by Crippen LogP contribution is 2.27. The van der Waals surface area contributed by atoms with Crippen molar-refractivity contribution in [2.24, 2.45) is 29.0 Å². The fourth-order valence-electron chi connectivity index (χ4n) is 16.0. The third-order valence-corrected chi connectivity index (χ3v) is 24.5. The third-order valence-electron chi connectivity index (χ3n) is 23.5. The Morgan fingerprint density at radius 3 is 1.70 bits per heavy atom. The summed E-state index contributed by atoms with van der Waals surface area (Å²) < 4.78 is 0. The number of rotatable bonds is 27. The maximum atomic E-state index is 15.7. The maximum Gasteiger partial charge on any atom is 0.246 e. The van der Waals surface area contributed by atoms with Gasteiger partial charge in [-0.25, -0.2) is 4.98 Å². The zero-order valence-corrected chi connectivity index (χ0v) is 77.0. The first-order chi connectivity index (χ1) is 63.4. The summed E-state index contributed by atoms with van der Waals surface area (Å²) in [6.45, 7) is 5.48. The fourth-order valence-corrected chi connectivity index (χ4v) is 16.9. The van der Waals surface area contributed by atoms with Gasteiger partial charge in [-0.05, 0) is 93.0 Å². The van der Waals surface area contributed by atoms with E-state index in [1.54, 1.807) is 105 Å². The Labute approximate surface area is 774 Å². The van der Waals surface area contributed by atoms with E-state index in [1.807, 2.05) is 13.8 Å². The Balaban J connectivity index is 1.19. The molecule has 2 aliphatic rings. The second-order valence-electron chi connectivity index (χ2n) is 34.0. The Kier molecular flexibility index (Phi) is 40.7. The first-order valence-electron chi connectivity index (χ1n) is 44.6. The van der Waals surface area contributed by atoms with Crippen LogP contribution < -0.4 is 75.7 Å². The van der Waals surface area contributed by atoms with Gasteiger partial charge in [-0.1, -0.05) is 120 Å². The molecule has 16 amide bonds. The summed E-state index contributed by atoms with van der Waals surface area (Å²) >= 11 is 0.791. The van der Waals surface area contributed by atoms with Gasteiger partial charge in [0.1, 0.15) is 78.5 Å². The number of benzene rings is 3. The summed E-state index contributed by atoms with van der Waals surface area (Å²) in [7, 11) is 3.94. The molecule has 8 rings (SSSR count). The number of ketones is 1. The third kappa shape index (κ3) is 30.6. The van der Waals surface area contributed by atoms with Gasteiger partial charge in [-0.3, -0.25) is 86.9 Å². The lowest BCUT2D eigenvalue weighted by atomic mass is 9.90. The number of nitrogens with two attached hydrogens (primary N) is 3. The van der Waals surface area contributed by atoms with Crippen molar-refractivity contribution in [3.05, 3.63) is 126 Å². The van der Waals surface area contributed by atoms with Crippen molar-refractivity contribution in [1.82, 2.24) is 98.0 Å². The number of aromatic amines is 3. The number of aliphatic hydroxyl groups excluding tert-OH is 2. The summed E-state index contributed by atoms with van der Waals surface area (Å²) in [6, 6.07) is 2.33. The van der Waals surface area contributed by atoms with E-state index in [2.05, 4.69) is 78.4 Å². The van der Waals surface area contributed by atoms with Crippen molar-refractivity contribution in [2.75, 3.05) is 65.5 Å². The predicted octanol–water partition coefficient (Wildman–Crippen LogP) is -2.03. The molecule has 43 heteroatoms. The highest BCUT2D eigenvalue weighted by Gasteiger charge is 2.44. The first-order valence-corrected chi connectivity index (χ1v) is 45.8. The van der Waals surface area contributed by atoms with E-state index in [9.17, 15) is 67.7 Å². The fraction of sp³-hybridized carbons (Fsp3) is 0.522. The molecule has 722 valence electrons. The number of hydrogen-bond donors (Lipinski definition) is 20. The van der Waals surface area contributed by atoms with Crippen molar-refractivity contribution in [3.63, 3.8) is 0 Å². The van der Waals surface area contributed by atoms with Gasteiger partial charge >= 0.3 is 0 Å². The van der Waals surface area contributed by atoms with Crippen molar-refractivity contribution >= 4 is 140 Å². The lowest BCUT2D eigenvalue weighted by Gasteiger charge is -2.36. The molecular formula is C90H127N23O19S. The minimum Gasteiger partial charge on any atom is -0.394 e. The molecule has 42 nitrogen and oxygen atoms in total. The lowest BCUT2D eigenvalue weighted by molar-refractivity contribution is -0.149. The molecule has 23 N–H and O–H groups in total. The van der Waals surface area contributed by atoms with Crippen LogP contribution in [0.5, 0.6) is 0 Å². The van der Waals surface area contributed by atoms with Crippen molar-refractivity contribution < 1.29 is 91.7 Å². The number of thioether (sulfide) groups is 1. The highest BCUT2D eigenvalue weighted by atomic mass is 32.2. The average molecular weight is 1870 g/mol. The summed E-state index contributed by atoms with van der Waals surface area (Å²) in [5, 5.41) is 60.2. The van der Waals surface area contributed by atoms with Gasteiger partial charge in [0.25, 0.3) is 0 Å². The van der Waals surface area contributed by atoms with Crippen molar-refractivity contribution in [1.29, 1.82) is 5.41 Å². The number of carbonyl (C=O) groups is 17. The summed E-state index contributed by atoms with van der Waals surface area (Å²) in [4.78, 5) is 266. The number of hydrogen-bond acceptors (Lipinski definition) is 22. The molecule has 5 heterocycles. The van der Waals surface area contributed by atoms with Crippen LogP contribution in [0.15, 0.2) is 104 Å². The molecular weight excluding hydrogens is 1740 g/mol. The molecule has 3 aromatic carbocycles. The van der Waals surface area contributed by atoms with E-state index >= 15 is 24.0 Å². The molecule has 2 aliphatic heterocycles. The van der Waals surface area contributed by atoms with Gasteiger partial charge in [-0.2, -0.15) is 0 Å². The molecule has 0 spiro atoms. The second kappa shape index (κ2) is 51.5. The van der Waals surface area contributed by atoms with Crippen LogP contribution in [0.1, 0.15) is 140 Å². The minimum atomic E-state index is -1.87. The number of guanidine groups is 1. The molecule has 2 fully saturated rings. The number of primary amides is 2. The molecule has 14 atom stereocenters. The maximum absolute atomic E-state index is 15.7. The number of fused-ring (bicyclic) bond motifs is 3. The zero-order valence-electron chi connectivity index (χ0n) is 76.2. The summed E-state index contributed by atoms with van der Waals surface area (Å²) in [5.41, 5.74) is 20.0. The molecule has 0 aliphatic carbocycles. The number of nitrogens with one attached hydrogen (secondary N) is 15. The Hall–Kier alpha value is -13.3. The number of H-pyrrole nitrogens is 3. The van der Waals surface area contributed by atoms with E-state index in [1.165, 1.54) is 40.6 Å². The van der Waals surface area contributed by atoms with Gasteiger partial charge < -0.3 is 120 Å². The van der Waals surface area contributed by atoms with Gasteiger partial charge in [0.05, 0.1) is 38.3 Å². The largest absolute Gasteiger partial charge is 0.394 e. The van der Waals surface area contributed by atoms with Gasteiger partial charge in [0.15, 0.2) is 11.7 Å². The number of carbonyl (C=O) groups excluding carboxylic acids is 17. The molecule has 2 saturated heterocycles. The minimum absolute atomic E-state index is 0.00327. The van der Waals surface area contributed by atoms with Crippen LogP contribution in [0, 0.1) is 17.2 Å². The number of aromatic nitrogens is 4. The van der Waals surface area contributed by atoms with E-state index < -0.39 is 235 Å². The van der Waals surface area contributed by atoms with Crippen LogP contribution >= 0.6 is 11.8 Å². The smallest absolute Gasteiger partial charge is 0.246 e. The number of amides is 16. The van der Waals surface area contributed by atoms with Crippen LogP contribution in [-0.4, -0.2) is 300 Å². The van der Waals surface area contributed by atoms with E-state index in [0.29, 0.717) is 69.9 Å². The number of para-hydroxylation sites is 2. The van der Waals surface area contributed by atoms with Crippen LogP contribution in [0.2, 0.25) is 0 Å².